The molecular weight excluding hydrogens is 249 g/mol. The summed E-state index contributed by atoms with van der Waals surface area (Å²) in [4.78, 5) is 0. The summed E-state index contributed by atoms with van der Waals surface area (Å²) in [6.07, 6.45) is 0. The molecule has 94 valence electrons. The second-order valence-electron chi connectivity index (χ2n) is 4.40. The van der Waals surface area contributed by atoms with Crippen LogP contribution in [0, 0.1) is 12.7 Å². The standard InChI is InChI=1S/C15H15ClFN/c1-10-6-7-14(17)15(8-10)18-11(2)12-4-3-5-13(16)9-12/h3-9,11,18H,1-2H3. The molecule has 2 aromatic carbocycles. The highest BCUT2D eigenvalue weighted by molar-refractivity contribution is 6.30. The van der Waals surface area contributed by atoms with Crippen molar-refractivity contribution in [2.24, 2.45) is 0 Å². The number of anilines is 1. The van der Waals surface area contributed by atoms with Crippen molar-refractivity contribution in [3.05, 3.63) is 64.4 Å². The van der Waals surface area contributed by atoms with Crippen LogP contribution < -0.4 is 5.32 Å². The van der Waals surface area contributed by atoms with Gasteiger partial charge in [-0.15, -0.1) is 0 Å². The van der Waals surface area contributed by atoms with Crippen molar-refractivity contribution in [3.63, 3.8) is 0 Å². The summed E-state index contributed by atoms with van der Waals surface area (Å²) >= 11 is 5.95. The van der Waals surface area contributed by atoms with E-state index in [9.17, 15) is 4.39 Å². The van der Waals surface area contributed by atoms with Gasteiger partial charge < -0.3 is 5.32 Å². The van der Waals surface area contributed by atoms with E-state index in [1.807, 2.05) is 38.1 Å². The van der Waals surface area contributed by atoms with E-state index < -0.39 is 0 Å². The van der Waals surface area contributed by atoms with E-state index in [4.69, 9.17) is 11.6 Å². The van der Waals surface area contributed by atoms with E-state index in [-0.39, 0.29) is 11.9 Å². The third kappa shape index (κ3) is 3.02. The SMILES string of the molecule is Cc1ccc(F)c(NC(C)c2cccc(Cl)c2)c1. The Morgan fingerprint density at radius 3 is 2.67 bits per heavy atom. The highest BCUT2D eigenvalue weighted by Crippen LogP contribution is 2.24. The molecule has 3 heteroatoms. The van der Waals surface area contributed by atoms with Crippen molar-refractivity contribution < 1.29 is 4.39 Å². The fourth-order valence-electron chi connectivity index (χ4n) is 1.84. The molecule has 18 heavy (non-hydrogen) atoms. The van der Waals surface area contributed by atoms with Gasteiger partial charge in [-0.3, -0.25) is 0 Å². The quantitative estimate of drug-likeness (QED) is 0.825. The molecular formula is C15H15ClFN. The molecule has 0 fully saturated rings. The average molecular weight is 264 g/mol. The molecule has 0 saturated carbocycles. The molecule has 0 aliphatic carbocycles. The molecule has 0 radical (unpaired) electrons. The van der Waals surface area contributed by atoms with E-state index in [1.165, 1.54) is 6.07 Å². The summed E-state index contributed by atoms with van der Waals surface area (Å²) in [6, 6.07) is 12.6. The predicted octanol–water partition coefficient (Wildman–Crippen LogP) is 4.96. The Labute approximate surface area is 112 Å². The minimum atomic E-state index is -0.241. The maximum absolute atomic E-state index is 13.6. The van der Waals surface area contributed by atoms with Gasteiger partial charge in [0.05, 0.1) is 5.69 Å². The van der Waals surface area contributed by atoms with Gasteiger partial charge in [0, 0.05) is 11.1 Å². The van der Waals surface area contributed by atoms with Crippen LogP contribution in [0.3, 0.4) is 0 Å². The van der Waals surface area contributed by atoms with Gasteiger partial charge in [-0.1, -0.05) is 29.8 Å². The Hall–Kier alpha value is -1.54. The summed E-state index contributed by atoms with van der Waals surface area (Å²) in [5.41, 5.74) is 2.57. The highest BCUT2D eigenvalue weighted by atomic mass is 35.5. The van der Waals surface area contributed by atoms with E-state index in [0.717, 1.165) is 11.1 Å². The van der Waals surface area contributed by atoms with Crippen molar-refractivity contribution >= 4 is 17.3 Å². The number of hydrogen-bond donors (Lipinski definition) is 1. The van der Waals surface area contributed by atoms with E-state index in [0.29, 0.717) is 10.7 Å². The number of halogens is 2. The van der Waals surface area contributed by atoms with Crippen molar-refractivity contribution in [3.8, 4) is 0 Å². The van der Waals surface area contributed by atoms with Gasteiger partial charge in [-0.2, -0.15) is 0 Å². The lowest BCUT2D eigenvalue weighted by Crippen LogP contribution is -2.08. The van der Waals surface area contributed by atoms with E-state index >= 15 is 0 Å². The fraction of sp³-hybridized carbons (Fsp3) is 0.200. The number of benzene rings is 2. The molecule has 2 rings (SSSR count). The zero-order valence-electron chi connectivity index (χ0n) is 10.4. The molecule has 0 aromatic heterocycles. The first-order valence-electron chi connectivity index (χ1n) is 5.84. The molecule has 1 N–H and O–H groups in total. The average Bonchev–Trinajstić information content (AvgIpc) is 2.34. The lowest BCUT2D eigenvalue weighted by Gasteiger charge is -2.17. The Morgan fingerprint density at radius 1 is 1.17 bits per heavy atom. The minimum Gasteiger partial charge on any atom is -0.376 e. The molecule has 1 unspecified atom stereocenters. The smallest absolute Gasteiger partial charge is 0.146 e. The van der Waals surface area contributed by atoms with Gasteiger partial charge in [0.15, 0.2) is 0 Å². The van der Waals surface area contributed by atoms with E-state index in [1.54, 1.807) is 12.1 Å². The number of rotatable bonds is 3. The lowest BCUT2D eigenvalue weighted by atomic mass is 10.1. The second-order valence-corrected chi connectivity index (χ2v) is 4.84. The largest absolute Gasteiger partial charge is 0.376 e. The van der Waals surface area contributed by atoms with Crippen LogP contribution in [-0.4, -0.2) is 0 Å². The summed E-state index contributed by atoms with van der Waals surface area (Å²) in [7, 11) is 0. The van der Waals surface area contributed by atoms with Crippen LogP contribution in [0.4, 0.5) is 10.1 Å². The first kappa shape index (κ1) is 12.9. The summed E-state index contributed by atoms with van der Waals surface area (Å²) in [6.45, 7) is 3.92. The molecule has 0 aliphatic rings. The Morgan fingerprint density at radius 2 is 1.94 bits per heavy atom. The zero-order chi connectivity index (χ0) is 13.1. The number of hydrogen-bond acceptors (Lipinski definition) is 1. The van der Waals surface area contributed by atoms with Gasteiger partial charge in [0.2, 0.25) is 0 Å². The Kier molecular flexibility index (Phi) is 3.87. The monoisotopic (exact) mass is 263 g/mol. The lowest BCUT2D eigenvalue weighted by molar-refractivity contribution is 0.627. The fourth-order valence-corrected chi connectivity index (χ4v) is 2.04. The zero-order valence-corrected chi connectivity index (χ0v) is 11.1. The van der Waals surface area contributed by atoms with Gasteiger partial charge in [-0.25, -0.2) is 4.39 Å². The van der Waals surface area contributed by atoms with Gasteiger partial charge in [0.25, 0.3) is 0 Å². The molecule has 0 spiro atoms. The van der Waals surface area contributed by atoms with Crippen LogP contribution in [0.2, 0.25) is 5.02 Å². The topological polar surface area (TPSA) is 12.0 Å². The van der Waals surface area contributed by atoms with Gasteiger partial charge in [-0.05, 0) is 49.2 Å². The van der Waals surface area contributed by atoms with Gasteiger partial charge in [0.1, 0.15) is 5.82 Å². The number of aryl methyl sites for hydroxylation is 1. The van der Waals surface area contributed by atoms with Crippen LogP contribution in [0.5, 0.6) is 0 Å². The summed E-state index contributed by atoms with van der Waals surface area (Å²) < 4.78 is 13.6. The highest BCUT2D eigenvalue weighted by Gasteiger charge is 2.08. The maximum atomic E-state index is 13.6. The molecule has 1 atom stereocenters. The normalized spacial score (nSPS) is 12.2. The Balaban J connectivity index is 2.21. The molecule has 0 saturated heterocycles. The predicted molar refractivity (Wildman–Crippen MR) is 74.6 cm³/mol. The number of nitrogens with one attached hydrogen (secondary N) is 1. The first-order valence-corrected chi connectivity index (χ1v) is 6.22. The van der Waals surface area contributed by atoms with Crippen LogP contribution >= 0.6 is 11.6 Å². The molecule has 0 amide bonds. The van der Waals surface area contributed by atoms with Gasteiger partial charge >= 0.3 is 0 Å². The first-order chi connectivity index (χ1) is 8.56. The van der Waals surface area contributed by atoms with E-state index in [2.05, 4.69) is 5.32 Å². The van der Waals surface area contributed by atoms with Crippen LogP contribution in [0.1, 0.15) is 24.1 Å². The van der Waals surface area contributed by atoms with Crippen molar-refractivity contribution in [2.75, 3.05) is 5.32 Å². The van der Waals surface area contributed by atoms with Crippen molar-refractivity contribution in [1.29, 1.82) is 0 Å². The summed E-state index contributed by atoms with van der Waals surface area (Å²) in [5, 5.41) is 3.85. The van der Waals surface area contributed by atoms with Crippen LogP contribution in [0.25, 0.3) is 0 Å². The minimum absolute atomic E-state index is 0.000000000000000444. The Bertz CT molecular complexity index is 554. The van der Waals surface area contributed by atoms with Crippen LogP contribution in [-0.2, 0) is 0 Å². The molecule has 2 aromatic rings. The third-order valence-electron chi connectivity index (χ3n) is 2.84. The van der Waals surface area contributed by atoms with Crippen molar-refractivity contribution in [2.45, 2.75) is 19.9 Å². The molecule has 1 nitrogen and oxygen atoms in total. The maximum Gasteiger partial charge on any atom is 0.146 e. The van der Waals surface area contributed by atoms with Crippen molar-refractivity contribution in [1.82, 2.24) is 0 Å². The van der Waals surface area contributed by atoms with Crippen LogP contribution in [0.15, 0.2) is 42.5 Å². The summed E-state index contributed by atoms with van der Waals surface area (Å²) in [5.74, 6) is -0.241. The molecule has 0 heterocycles. The third-order valence-corrected chi connectivity index (χ3v) is 3.08. The molecule has 0 bridgehead atoms. The molecule has 0 aliphatic heterocycles. The second kappa shape index (κ2) is 5.40.